The fraction of sp³-hybridized carbons (Fsp3) is 1.00. The second kappa shape index (κ2) is 10.3. The summed E-state index contributed by atoms with van der Waals surface area (Å²) >= 11 is 0. The zero-order chi connectivity index (χ0) is 11.5. The Labute approximate surface area is 91.8 Å². The molecule has 0 rings (SSSR count). The molecule has 0 fully saturated rings. The maximum Gasteiger partial charge on any atom is 0.126 e. The van der Waals surface area contributed by atoms with Crippen molar-refractivity contribution in [3.8, 4) is 0 Å². The van der Waals surface area contributed by atoms with Crippen LogP contribution in [0.2, 0.25) is 0 Å². The van der Waals surface area contributed by atoms with Crippen molar-refractivity contribution in [2.24, 2.45) is 0 Å². The van der Waals surface area contributed by atoms with Crippen molar-refractivity contribution in [1.82, 2.24) is 0 Å². The number of ether oxygens (including phenoxy) is 1. The molecule has 0 heterocycles. The first-order valence-corrected chi connectivity index (χ1v) is 5.77. The van der Waals surface area contributed by atoms with E-state index in [-0.39, 0.29) is 0 Å². The fourth-order valence-electron chi connectivity index (χ4n) is 1.19. The molecule has 0 aliphatic carbocycles. The van der Waals surface area contributed by atoms with Crippen LogP contribution in [0.4, 0.5) is 0 Å². The van der Waals surface area contributed by atoms with Gasteiger partial charge in [0.25, 0.3) is 0 Å². The molecule has 92 valence electrons. The topological polar surface area (TPSA) is 82.9 Å². The summed E-state index contributed by atoms with van der Waals surface area (Å²) in [6, 6.07) is 0. The summed E-state index contributed by atoms with van der Waals surface area (Å²) in [5, 5.41) is 22.9. The Morgan fingerprint density at radius 2 is 1.33 bits per heavy atom. The normalized spacial score (nSPS) is 15.2. The minimum atomic E-state index is -0.438. The van der Waals surface area contributed by atoms with Gasteiger partial charge < -0.3 is 25.6 Å². The van der Waals surface area contributed by atoms with E-state index in [1.165, 1.54) is 0 Å². The van der Waals surface area contributed by atoms with Gasteiger partial charge in [-0.25, -0.2) is 0 Å². The van der Waals surface area contributed by atoms with Crippen LogP contribution >= 0.6 is 0 Å². The molecule has 0 amide bonds. The van der Waals surface area contributed by atoms with Gasteiger partial charge >= 0.3 is 0 Å². The molecule has 0 aliphatic heterocycles. The average molecular weight is 222 g/mol. The molecule has 0 aromatic rings. The summed E-state index contributed by atoms with van der Waals surface area (Å²) in [6.07, 6.45) is -0.875. The first kappa shape index (κ1) is 14.8. The fourth-order valence-corrected chi connectivity index (χ4v) is 1.19. The molecule has 5 heteroatoms. The van der Waals surface area contributed by atoms with Gasteiger partial charge in [-0.05, 0) is 13.8 Å². The van der Waals surface area contributed by atoms with Gasteiger partial charge in [-0.3, -0.25) is 0 Å². The number of hydrogen-bond donors (Lipinski definition) is 4. The van der Waals surface area contributed by atoms with E-state index in [0.29, 0.717) is 26.3 Å². The predicted molar refractivity (Wildman–Crippen MR) is 57.5 cm³/mol. The van der Waals surface area contributed by atoms with Crippen LogP contribution in [0.5, 0.6) is 0 Å². The summed E-state index contributed by atoms with van der Waals surface area (Å²) in [7, 11) is 0. The van der Waals surface area contributed by atoms with Crippen molar-refractivity contribution < 1.29 is 25.6 Å². The Kier molecular flexibility index (Phi) is 10.2. The lowest BCUT2D eigenvalue weighted by Gasteiger charge is -2.12. The minimum Gasteiger partial charge on any atom is -0.385 e. The van der Waals surface area contributed by atoms with Crippen LogP contribution in [-0.4, -0.2) is 61.8 Å². The molecule has 0 radical (unpaired) electrons. The molecule has 5 nitrogen and oxygen atoms in total. The first-order valence-electron chi connectivity index (χ1n) is 5.77. The highest BCUT2D eigenvalue weighted by molar-refractivity contribution is 4.52. The molecule has 0 unspecified atom stereocenters. The van der Waals surface area contributed by atoms with Gasteiger partial charge in [-0.1, -0.05) is 0 Å². The third-order valence-corrected chi connectivity index (χ3v) is 2.08. The molecule has 0 spiro atoms. The molecule has 15 heavy (non-hydrogen) atoms. The van der Waals surface area contributed by atoms with Crippen molar-refractivity contribution in [2.75, 3.05) is 39.4 Å². The smallest absolute Gasteiger partial charge is 0.126 e. The van der Waals surface area contributed by atoms with E-state index < -0.39 is 12.2 Å². The van der Waals surface area contributed by atoms with Gasteiger partial charge in [0, 0.05) is 0 Å². The molecule has 0 aromatic carbocycles. The van der Waals surface area contributed by atoms with Crippen molar-refractivity contribution >= 4 is 0 Å². The van der Waals surface area contributed by atoms with Crippen LogP contribution in [0.25, 0.3) is 0 Å². The third kappa shape index (κ3) is 10.1. The first-order chi connectivity index (χ1) is 7.20. The van der Waals surface area contributed by atoms with Crippen LogP contribution in [0.1, 0.15) is 13.8 Å². The third-order valence-electron chi connectivity index (χ3n) is 2.08. The highest BCUT2D eigenvalue weighted by Crippen LogP contribution is 1.85. The van der Waals surface area contributed by atoms with Crippen molar-refractivity contribution in [3.05, 3.63) is 0 Å². The number of likely N-dealkylation sites (N-methyl/N-ethyl adjacent to an activating group) is 2. The highest BCUT2D eigenvalue weighted by Gasteiger charge is 2.09. The van der Waals surface area contributed by atoms with Crippen LogP contribution < -0.4 is 10.6 Å². The summed E-state index contributed by atoms with van der Waals surface area (Å²) in [4.78, 5) is 0. The molecule has 2 atom stereocenters. The van der Waals surface area contributed by atoms with Crippen molar-refractivity contribution in [3.63, 3.8) is 0 Å². The monoisotopic (exact) mass is 222 g/mol. The molecular formula is C10H26N2O3+2. The molecule has 0 saturated carbocycles. The molecule has 0 saturated heterocycles. The van der Waals surface area contributed by atoms with Gasteiger partial charge in [0.05, 0.1) is 26.3 Å². The number of nitrogens with two attached hydrogens (primary N) is 2. The second-order valence-corrected chi connectivity index (χ2v) is 3.71. The zero-order valence-electron chi connectivity index (χ0n) is 9.85. The molecule has 0 aromatic heterocycles. The van der Waals surface area contributed by atoms with Gasteiger partial charge in [0.1, 0.15) is 25.3 Å². The Morgan fingerprint density at radius 1 is 0.933 bits per heavy atom. The van der Waals surface area contributed by atoms with Crippen molar-refractivity contribution in [1.29, 1.82) is 0 Å². The van der Waals surface area contributed by atoms with E-state index >= 15 is 0 Å². The summed E-state index contributed by atoms with van der Waals surface area (Å²) < 4.78 is 5.21. The maximum absolute atomic E-state index is 9.42. The Balaban J connectivity index is 3.27. The van der Waals surface area contributed by atoms with Gasteiger partial charge in [0.15, 0.2) is 0 Å². The predicted octanol–water partition coefficient (Wildman–Crippen LogP) is -3.11. The highest BCUT2D eigenvalue weighted by atomic mass is 16.5. The van der Waals surface area contributed by atoms with Gasteiger partial charge in [-0.15, -0.1) is 0 Å². The Bertz CT molecular complexity index is 122. The molecule has 0 aliphatic rings. The zero-order valence-corrected chi connectivity index (χ0v) is 9.85. The van der Waals surface area contributed by atoms with Gasteiger partial charge in [0.2, 0.25) is 0 Å². The average Bonchev–Trinajstić information content (AvgIpc) is 2.23. The van der Waals surface area contributed by atoms with E-state index in [9.17, 15) is 10.2 Å². The van der Waals surface area contributed by atoms with Crippen LogP contribution in [0.15, 0.2) is 0 Å². The Morgan fingerprint density at radius 3 is 1.67 bits per heavy atom. The van der Waals surface area contributed by atoms with E-state index in [0.717, 1.165) is 13.1 Å². The van der Waals surface area contributed by atoms with Gasteiger partial charge in [-0.2, -0.15) is 0 Å². The summed E-state index contributed by atoms with van der Waals surface area (Å²) in [5.41, 5.74) is 0. The minimum absolute atomic E-state index is 0.305. The lowest BCUT2D eigenvalue weighted by molar-refractivity contribution is -0.659. The van der Waals surface area contributed by atoms with Crippen molar-refractivity contribution in [2.45, 2.75) is 26.1 Å². The lowest BCUT2D eigenvalue weighted by atomic mass is 10.3. The second-order valence-electron chi connectivity index (χ2n) is 3.71. The number of rotatable bonds is 10. The number of quaternary nitrogens is 2. The molecule has 0 bridgehead atoms. The van der Waals surface area contributed by atoms with E-state index in [1.807, 2.05) is 24.5 Å². The maximum atomic E-state index is 9.42. The van der Waals surface area contributed by atoms with Crippen LogP contribution in [0, 0.1) is 0 Å². The molecule has 6 N–H and O–H groups in total. The van der Waals surface area contributed by atoms with E-state index in [4.69, 9.17) is 4.74 Å². The molecular weight excluding hydrogens is 196 g/mol. The van der Waals surface area contributed by atoms with E-state index in [2.05, 4.69) is 0 Å². The SMILES string of the molecule is CC[NH2+]C[C@H](O)COC[C@@H](O)C[NH2+]CC. The number of hydrogen-bond acceptors (Lipinski definition) is 3. The summed E-state index contributed by atoms with van der Waals surface area (Å²) in [6.45, 7) is 7.94. The number of aliphatic hydroxyl groups excluding tert-OH is 2. The largest absolute Gasteiger partial charge is 0.385 e. The number of aliphatic hydroxyl groups is 2. The van der Waals surface area contributed by atoms with Crippen LogP contribution in [0.3, 0.4) is 0 Å². The standard InChI is InChI=1S/C10H24N2O3/c1-3-11-5-9(13)7-15-8-10(14)6-12-4-2/h9-14H,3-8H2,1-2H3/p+2/t9-,10-/m0/s1. The van der Waals surface area contributed by atoms with E-state index in [1.54, 1.807) is 0 Å². The Hall–Kier alpha value is -0.200. The van der Waals surface area contributed by atoms with Crippen LogP contribution in [-0.2, 0) is 4.74 Å². The lowest BCUT2D eigenvalue weighted by Crippen LogP contribution is -2.86. The summed E-state index contributed by atoms with van der Waals surface area (Å²) in [5.74, 6) is 0. The quantitative estimate of drug-likeness (QED) is 0.316.